The normalized spacial score (nSPS) is 40.4. The third-order valence-electron chi connectivity index (χ3n) is 3.08. The SMILES string of the molecule is CC1(C)OC(=O)[C@@H]2CCC[C@@H]21. The van der Waals surface area contributed by atoms with E-state index in [4.69, 9.17) is 4.74 Å². The minimum Gasteiger partial charge on any atom is -0.459 e. The summed E-state index contributed by atoms with van der Waals surface area (Å²) in [6.07, 6.45) is 3.42. The molecule has 2 fully saturated rings. The largest absolute Gasteiger partial charge is 0.459 e. The molecule has 62 valence electrons. The fraction of sp³-hybridized carbons (Fsp3) is 0.889. The van der Waals surface area contributed by atoms with E-state index in [1.54, 1.807) is 0 Å². The summed E-state index contributed by atoms with van der Waals surface area (Å²) >= 11 is 0. The van der Waals surface area contributed by atoms with Crippen LogP contribution in [0.1, 0.15) is 33.1 Å². The van der Waals surface area contributed by atoms with Gasteiger partial charge in [0.2, 0.25) is 0 Å². The van der Waals surface area contributed by atoms with Crippen molar-refractivity contribution in [1.29, 1.82) is 0 Å². The number of hydrogen-bond acceptors (Lipinski definition) is 2. The minimum atomic E-state index is -0.182. The zero-order valence-corrected chi connectivity index (χ0v) is 7.09. The number of fused-ring (bicyclic) bond motifs is 1. The predicted octanol–water partition coefficient (Wildman–Crippen LogP) is 1.74. The molecule has 1 aliphatic carbocycles. The van der Waals surface area contributed by atoms with Gasteiger partial charge in [-0.05, 0) is 26.7 Å². The quantitative estimate of drug-likeness (QED) is 0.497. The highest BCUT2D eigenvalue weighted by Crippen LogP contribution is 2.46. The van der Waals surface area contributed by atoms with Crippen molar-refractivity contribution >= 4 is 5.97 Å². The maximum Gasteiger partial charge on any atom is 0.309 e. The first-order valence-corrected chi connectivity index (χ1v) is 4.34. The summed E-state index contributed by atoms with van der Waals surface area (Å²) in [5.74, 6) is 0.762. The minimum absolute atomic E-state index is 0.0394. The van der Waals surface area contributed by atoms with Gasteiger partial charge >= 0.3 is 5.97 Å². The van der Waals surface area contributed by atoms with Crippen molar-refractivity contribution in [1.82, 2.24) is 0 Å². The van der Waals surface area contributed by atoms with Crippen molar-refractivity contribution in [3.05, 3.63) is 0 Å². The van der Waals surface area contributed by atoms with E-state index in [2.05, 4.69) is 0 Å². The molecule has 0 bridgehead atoms. The average Bonchev–Trinajstić information content (AvgIpc) is 2.37. The van der Waals surface area contributed by atoms with E-state index in [0.29, 0.717) is 5.92 Å². The molecule has 2 aliphatic rings. The fourth-order valence-electron chi connectivity index (χ4n) is 2.48. The number of carbonyl (C=O) groups is 1. The Morgan fingerprint density at radius 3 is 2.82 bits per heavy atom. The van der Waals surface area contributed by atoms with Crippen LogP contribution in [0.2, 0.25) is 0 Å². The molecular weight excluding hydrogens is 140 g/mol. The molecule has 0 amide bonds. The lowest BCUT2D eigenvalue weighted by atomic mass is 9.86. The molecule has 2 nitrogen and oxygen atoms in total. The van der Waals surface area contributed by atoms with Gasteiger partial charge in [0, 0.05) is 5.92 Å². The molecule has 2 heteroatoms. The highest BCUT2D eigenvalue weighted by atomic mass is 16.6. The van der Waals surface area contributed by atoms with Crippen LogP contribution in [-0.4, -0.2) is 11.6 Å². The molecule has 2 atom stereocenters. The van der Waals surface area contributed by atoms with Gasteiger partial charge in [0.1, 0.15) is 5.60 Å². The number of ether oxygens (including phenoxy) is 1. The maximum absolute atomic E-state index is 11.2. The number of carbonyl (C=O) groups excluding carboxylic acids is 1. The van der Waals surface area contributed by atoms with Crippen molar-refractivity contribution < 1.29 is 9.53 Å². The van der Waals surface area contributed by atoms with E-state index < -0.39 is 0 Å². The zero-order valence-electron chi connectivity index (χ0n) is 7.09. The van der Waals surface area contributed by atoms with E-state index in [1.807, 2.05) is 13.8 Å². The van der Waals surface area contributed by atoms with Crippen molar-refractivity contribution in [2.24, 2.45) is 11.8 Å². The van der Waals surface area contributed by atoms with Gasteiger partial charge in [-0.3, -0.25) is 4.79 Å². The van der Waals surface area contributed by atoms with Crippen LogP contribution in [0.4, 0.5) is 0 Å². The van der Waals surface area contributed by atoms with Crippen LogP contribution in [0, 0.1) is 11.8 Å². The zero-order chi connectivity index (χ0) is 8.06. The first kappa shape index (κ1) is 7.14. The summed E-state index contributed by atoms with van der Waals surface area (Å²) in [6.45, 7) is 4.06. The summed E-state index contributed by atoms with van der Waals surface area (Å²) in [6, 6.07) is 0. The summed E-state index contributed by atoms with van der Waals surface area (Å²) in [7, 11) is 0. The first-order chi connectivity index (χ1) is 5.11. The van der Waals surface area contributed by atoms with E-state index in [-0.39, 0.29) is 17.5 Å². The monoisotopic (exact) mass is 154 g/mol. The van der Waals surface area contributed by atoms with Gasteiger partial charge < -0.3 is 4.74 Å². The Labute approximate surface area is 66.9 Å². The van der Waals surface area contributed by atoms with Crippen LogP contribution in [0.25, 0.3) is 0 Å². The van der Waals surface area contributed by atoms with E-state index in [9.17, 15) is 4.79 Å². The van der Waals surface area contributed by atoms with Gasteiger partial charge in [-0.1, -0.05) is 6.42 Å². The first-order valence-electron chi connectivity index (χ1n) is 4.34. The summed E-state index contributed by atoms with van der Waals surface area (Å²) in [4.78, 5) is 11.2. The van der Waals surface area contributed by atoms with Crippen LogP contribution >= 0.6 is 0 Å². The Balaban J connectivity index is 2.27. The van der Waals surface area contributed by atoms with Crippen molar-refractivity contribution in [3.63, 3.8) is 0 Å². The predicted molar refractivity (Wildman–Crippen MR) is 41.0 cm³/mol. The molecule has 0 N–H and O–H groups in total. The Kier molecular flexibility index (Phi) is 1.29. The van der Waals surface area contributed by atoms with Crippen LogP contribution in [-0.2, 0) is 9.53 Å². The molecule has 11 heavy (non-hydrogen) atoms. The Morgan fingerprint density at radius 1 is 1.45 bits per heavy atom. The Hall–Kier alpha value is -0.530. The highest BCUT2D eigenvalue weighted by Gasteiger charge is 2.51. The number of hydrogen-bond donors (Lipinski definition) is 0. The van der Waals surface area contributed by atoms with Crippen LogP contribution < -0.4 is 0 Å². The molecular formula is C9H14O2. The topological polar surface area (TPSA) is 26.3 Å². The second kappa shape index (κ2) is 1.99. The van der Waals surface area contributed by atoms with Gasteiger partial charge in [-0.2, -0.15) is 0 Å². The molecule has 0 aromatic carbocycles. The molecule has 2 rings (SSSR count). The van der Waals surface area contributed by atoms with E-state index >= 15 is 0 Å². The lowest BCUT2D eigenvalue weighted by Crippen LogP contribution is -2.27. The Bertz CT molecular complexity index is 196. The van der Waals surface area contributed by atoms with Crippen LogP contribution in [0.15, 0.2) is 0 Å². The molecule has 0 unspecified atom stereocenters. The summed E-state index contributed by atoms with van der Waals surface area (Å²) < 4.78 is 5.28. The summed E-state index contributed by atoms with van der Waals surface area (Å²) in [5, 5.41) is 0. The molecule has 0 aromatic heterocycles. The fourth-order valence-corrected chi connectivity index (χ4v) is 2.48. The molecule has 1 saturated carbocycles. The van der Waals surface area contributed by atoms with E-state index in [0.717, 1.165) is 6.42 Å². The number of esters is 1. The number of cyclic esters (lactones) is 1. The lowest BCUT2D eigenvalue weighted by molar-refractivity contribution is -0.149. The lowest BCUT2D eigenvalue weighted by Gasteiger charge is -2.22. The van der Waals surface area contributed by atoms with Gasteiger partial charge in [-0.15, -0.1) is 0 Å². The van der Waals surface area contributed by atoms with Crippen LogP contribution in [0.3, 0.4) is 0 Å². The van der Waals surface area contributed by atoms with Crippen molar-refractivity contribution in [2.75, 3.05) is 0 Å². The standard InChI is InChI=1S/C9H14O2/c1-9(2)7-5-3-4-6(7)8(10)11-9/h6-7H,3-5H2,1-2H3/t6-,7+/m1/s1. The second-order valence-corrected chi connectivity index (χ2v) is 4.17. The average molecular weight is 154 g/mol. The van der Waals surface area contributed by atoms with E-state index in [1.165, 1.54) is 12.8 Å². The second-order valence-electron chi connectivity index (χ2n) is 4.17. The smallest absolute Gasteiger partial charge is 0.309 e. The third kappa shape index (κ3) is 0.883. The van der Waals surface area contributed by atoms with Gasteiger partial charge in [-0.25, -0.2) is 0 Å². The molecule has 0 spiro atoms. The van der Waals surface area contributed by atoms with Crippen molar-refractivity contribution in [3.8, 4) is 0 Å². The maximum atomic E-state index is 11.2. The highest BCUT2D eigenvalue weighted by molar-refractivity contribution is 5.76. The molecule has 0 radical (unpaired) electrons. The molecule has 1 heterocycles. The number of rotatable bonds is 0. The van der Waals surface area contributed by atoms with Gasteiger partial charge in [0.25, 0.3) is 0 Å². The Morgan fingerprint density at radius 2 is 2.18 bits per heavy atom. The van der Waals surface area contributed by atoms with Gasteiger partial charge in [0.05, 0.1) is 5.92 Å². The molecule has 1 saturated heterocycles. The van der Waals surface area contributed by atoms with Crippen molar-refractivity contribution in [2.45, 2.75) is 38.7 Å². The van der Waals surface area contributed by atoms with Crippen LogP contribution in [0.5, 0.6) is 0 Å². The molecule has 0 aromatic rings. The molecule has 1 aliphatic heterocycles. The van der Waals surface area contributed by atoms with Gasteiger partial charge in [0.15, 0.2) is 0 Å². The third-order valence-corrected chi connectivity index (χ3v) is 3.08. The summed E-state index contributed by atoms with van der Waals surface area (Å²) in [5.41, 5.74) is -0.182.